The van der Waals surface area contributed by atoms with Crippen molar-refractivity contribution in [3.63, 3.8) is 0 Å². The maximum Gasteiger partial charge on any atom is 0.247 e. The maximum atomic E-state index is 13.8. The molecule has 2 amide bonds. The van der Waals surface area contributed by atoms with Crippen LogP contribution in [0.2, 0.25) is 0 Å². The summed E-state index contributed by atoms with van der Waals surface area (Å²) in [6.45, 7) is -0.541. The number of aliphatic hydroxyl groups excluding tert-OH is 1. The zero-order valence-electron chi connectivity index (χ0n) is 20.2. The molecule has 9 heteroatoms. The lowest BCUT2D eigenvalue weighted by atomic mass is 10.0. The first-order valence-corrected chi connectivity index (χ1v) is 13.4. The molecule has 3 aromatic carbocycles. The van der Waals surface area contributed by atoms with Crippen molar-refractivity contribution < 1.29 is 23.1 Å². The average molecular weight is 510 g/mol. The number of nitrogens with one attached hydrogen (secondary N) is 1. The van der Waals surface area contributed by atoms with Crippen LogP contribution in [0, 0.1) is 0 Å². The number of sulfonamides is 1. The third kappa shape index (κ3) is 7.74. The molecule has 3 aromatic rings. The van der Waals surface area contributed by atoms with Crippen LogP contribution in [0.1, 0.15) is 22.7 Å². The highest BCUT2D eigenvalue weighted by molar-refractivity contribution is 7.88. The normalized spacial score (nSPS) is 12.2. The number of benzene rings is 3. The lowest BCUT2D eigenvalue weighted by molar-refractivity contribution is -0.141. The first-order chi connectivity index (χ1) is 17.3. The van der Waals surface area contributed by atoms with E-state index in [2.05, 4.69) is 5.32 Å². The third-order valence-electron chi connectivity index (χ3n) is 5.58. The quantitative estimate of drug-likeness (QED) is 0.390. The fraction of sp³-hybridized carbons (Fsp3) is 0.259. The van der Waals surface area contributed by atoms with Gasteiger partial charge in [-0.2, -0.15) is 4.31 Å². The number of rotatable bonds is 12. The Hall–Kier alpha value is -3.53. The Morgan fingerprint density at radius 1 is 0.833 bits per heavy atom. The smallest absolute Gasteiger partial charge is 0.247 e. The van der Waals surface area contributed by atoms with E-state index in [0.717, 1.165) is 21.7 Å². The first-order valence-electron chi connectivity index (χ1n) is 11.6. The van der Waals surface area contributed by atoms with E-state index in [1.165, 1.54) is 4.90 Å². The summed E-state index contributed by atoms with van der Waals surface area (Å²) in [5, 5.41) is 11.9. The molecule has 0 saturated heterocycles. The molecule has 0 aliphatic rings. The first kappa shape index (κ1) is 27.1. The molecule has 0 aliphatic heterocycles. The molecule has 3 rings (SSSR count). The second-order valence-electron chi connectivity index (χ2n) is 8.35. The standard InChI is InChI=1S/C27H31N3O5S/c1-36(34,35)29(19-22-11-5-2-6-12-22)21-25(32)30(20-23-13-7-3-8-14-23)26(27(33)28-17-18-31)24-15-9-4-10-16-24/h2-16,26,31H,17-21H2,1H3,(H,28,33)/t26-/m1/s1. The number of carbonyl (C=O) groups is 2. The van der Waals surface area contributed by atoms with Crippen LogP contribution < -0.4 is 5.32 Å². The van der Waals surface area contributed by atoms with Crippen LogP contribution >= 0.6 is 0 Å². The molecule has 8 nitrogen and oxygen atoms in total. The van der Waals surface area contributed by atoms with E-state index in [4.69, 9.17) is 0 Å². The van der Waals surface area contributed by atoms with Crippen LogP contribution in [-0.2, 0) is 32.7 Å². The summed E-state index contributed by atoms with van der Waals surface area (Å²) in [5.74, 6) is -0.985. The molecule has 0 spiro atoms. The van der Waals surface area contributed by atoms with Crippen molar-refractivity contribution in [3.05, 3.63) is 108 Å². The van der Waals surface area contributed by atoms with Gasteiger partial charge in [0.15, 0.2) is 0 Å². The zero-order chi connectivity index (χ0) is 26.0. The summed E-state index contributed by atoms with van der Waals surface area (Å²) >= 11 is 0. The van der Waals surface area contributed by atoms with Crippen LogP contribution in [0.5, 0.6) is 0 Å². The number of nitrogens with zero attached hydrogens (tertiary/aromatic N) is 2. The Bertz CT molecular complexity index is 1220. The second kappa shape index (κ2) is 13.0. The zero-order valence-corrected chi connectivity index (χ0v) is 21.0. The van der Waals surface area contributed by atoms with E-state index in [0.29, 0.717) is 5.56 Å². The Kier molecular flexibility index (Phi) is 9.75. The van der Waals surface area contributed by atoms with Gasteiger partial charge < -0.3 is 15.3 Å². The van der Waals surface area contributed by atoms with Crippen molar-refractivity contribution in [3.8, 4) is 0 Å². The minimum atomic E-state index is -3.74. The van der Waals surface area contributed by atoms with E-state index in [-0.39, 0.29) is 26.2 Å². The van der Waals surface area contributed by atoms with Crippen LogP contribution in [0.3, 0.4) is 0 Å². The van der Waals surface area contributed by atoms with E-state index < -0.39 is 34.4 Å². The van der Waals surface area contributed by atoms with E-state index in [9.17, 15) is 23.1 Å². The molecule has 0 heterocycles. The van der Waals surface area contributed by atoms with Crippen molar-refractivity contribution >= 4 is 21.8 Å². The van der Waals surface area contributed by atoms with Crippen LogP contribution in [0.15, 0.2) is 91.0 Å². The fourth-order valence-electron chi connectivity index (χ4n) is 3.81. The lowest BCUT2D eigenvalue weighted by Gasteiger charge is -2.33. The predicted molar refractivity (Wildman–Crippen MR) is 138 cm³/mol. The topological polar surface area (TPSA) is 107 Å². The van der Waals surface area contributed by atoms with Gasteiger partial charge in [0, 0.05) is 19.6 Å². The van der Waals surface area contributed by atoms with Gasteiger partial charge in [-0.15, -0.1) is 0 Å². The molecule has 0 saturated carbocycles. The number of hydrogen-bond acceptors (Lipinski definition) is 5. The monoisotopic (exact) mass is 509 g/mol. The lowest BCUT2D eigenvalue weighted by Crippen LogP contribution is -2.48. The minimum Gasteiger partial charge on any atom is -0.395 e. The van der Waals surface area contributed by atoms with Crippen molar-refractivity contribution in [2.75, 3.05) is 26.0 Å². The molecule has 0 fully saturated rings. The second-order valence-corrected chi connectivity index (χ2v) is 10.3. The van der Waals surface area contributed by atoms with Crippen LogP contribution in [0.25, 0.3) is 0 Å². The molecule has 0 bridgehead atoms. The number of aliphatic hydroxyl groups is 1. The van der Waals surface area contributed by atoms with Gasteiger partial charge in [0.05, 0.1) is 19.4 Å². The maximum absolute atomic E-state index is 13.8. The molecule has 36 heavy (non-hydrogen) atoms. The highest BCUT2D eigenvalue weighted by Crippen LogP contribution is 2.24. The van der Waals surface area contributed by atoms with Gasteiger partial charge in [0.2, 0.25) is 21.8 Å². The summed E-state index contributed by atoms with van der Waals surface area (Å²) in [4.78, 5) is 28.4. The summed E-state index contributed by atoms with van der Waals surface area (Å²) in [6.07, 6.45) is 1.06. The molecular formula is C27H31N3O5S. The third-order valence-corrected chi connectivity index (χ3v) is 6.78. The fourth-order valence-corrected chi connectivity index (χ4v) is 4.54. The predicted octanol–water partition coefficient (Wildman–Crippen LogP) is 2.33. The Morgan fingerprint density at radius 3 is 1.83 bits per heavy atom. The molecule has 0 aliphatic carbocycles. The van der Waals surface area contributed by atoms with Gasteiger partial charge in [-0.25, -0.2) is 8.42 Å². The van der Waals surface area contributed by atoms with E-state index >= 15 is 0 Å². The van der Waals surface area contributed by atoms with Crippen LogP contribution in [0.4, 0.5) is 0 Å². The van der Waals surface area contributed by atoms with Crippen molar-refractivity contribution in [1.29, 1.82) is 0 Å². The average Bonchev–Trinajstić information content (AvgIpc) is 2.88. The molecule has 0 radical (unpaired) electrons. The molecular weight excluding hydrogens is 478 g/mol. The number of hydrogen-bond donors (Lipinski definition) is 2. The largest absolute Gasteiger partial charge is 0.395 e. The summed E-state index contributed by atoms with van der Waals surface area (Å²) in [5.41, 5.74) is 2.10. The van der Waals surface area contributed by atoms with Crippen molar-refractivity contribution in [2.45, 2.75) is 19.1 Å². The Labute approximate surface area is 212 Å². The molecule has 0 unspecified atom stereocenters. The van der Waals surface area contributed by atoms with E-state index in [1.807, 2.05) is 36.4 Å². The van der Waals surface area contributed by atoms with Gasteiger partial charge >= 0.3 is 0 Å². The summed E-state index contributed by atoms with van der Waals surface area (Å²) < 4.78 is 26.3. The number of carbonyl (C=O) groups excluding carboxylic acids is 2. The molecule has 190 valence electrons. The van der Waals surface area contributed by atoms with Crippen LogP contribution in [-0.4, -0.2) is 60.5 Å². The van der Waals surface area contributed by atoms with Crippen molar-refractivity contribution in [1.82, 2.24) is 14.5 Å². The van der Waals surface area contributed by atoms with Gasteiger partial charge in [0.1, 0.15) is 6.04 Å². The Balaban J connectivity index is 1.99. The molecule has 1 atom stereocenters. The highest BCUT2D eigenvalue weighted by atomic mass is 32.2. The summed E-state index contributed by atoms with van der Waals surface area (Å²) in [6, 6.07) is 26.0. The molecule has 0 aromatic heterocycles. The van der Waals surface area contributed by atoms with Gasteiger partial charge in [-0.3, -0.25) is 9.59 Å². The minimum absolute atomic E-state index is 0.0251. The van der Waals surface area contributed by atoms with E-state index in [1.54, 1.807) is 54.6 Å². The summed E-state index contributed by atoms with van der Waals surface area (Å²) in [7, 11) is -3.74. The van der Waals surface area contributed by atoms with Gasteiger partial charge in [-0.05, 0) is 16.7 Å². The van der Waals surface area contributed by atoms with Crippen molar-refractivity contribution in [2.24, 2.45) is 0 Å². The van der Waals surface area contributed by atoms with Gasteiger partial charge in [-0.1, -0.05) is 91.0 Å². The highest BCUT2D eigenvalue weighted by Gasteiger charge is 2.33. The van der Waals surface area contributed by atoms with Gasteiger partial charge in [0.25, 0.3) is 0 Å². The Morgan fingerprint density at radius 2 is 1.33 bits per heavy atom. The molecule has 2 N–H and O–H groups in total. The number of amides is 2. The SMILES string of the molecule is CS(=O)(=O)N(CC(=O)N(Cc1ccccc1)[C@@H](C(=O)NCCO)c1ccccc1)Cc1ccccc1.